The summed E-state index contributed by atoms with van der Waals surface area (Å²) in [5, 5.41) is 7.17. The number of aromatic amines is 1. The highest BCUT2D eigenvalue weighted by atomic mass is 15.1. The van der Waals surface area contributed by atoms with Gasteiger partial charge in [-0.3, -0.25) is 5.10 Å². The Morgan fingerprint density at radius 1 is 1.17 bits per heavy atom. The van der Waals surface area contributed by atoms with Crippen LogP contribution in [0.2, 0.25) is 0 Å². The van der Waals surface area contributed by atoms with E-state index < -0.39 is 0 Å². The van der Waals surface area contributed by atoms with E-state index in [4.69, 9.17) is 0 Å². The first-order valence-electron chi connectivity index (χ1n) is 4.82. The predicted octanol–water partition coefficient (Wildman–Crippen LogP) is 2.87. The lowest BCUT2D eigenvalue weighted by Gasteiger charge is -1.94. The van der Waals surface area contributed by atoms with Gasteiger partial charge in [-0.25, -0.2) is 0 Å². The van der Waals surface area contributed by atoms with Crippen LogP contribution in [0.1, 0.15) is 44.6 Å². The normalized spacial score (nSPS) is 9.08. The molecule has 0 saturated carbocycles. The number of hydrogen-bond acceptors (Lipinski definition) is 1. The Balaban J connectivity index is 0.000000561. The molecule has 0 atom stereocenters. The van der Waals surface area contributed by atoms with E-state index in [-0.39, 0.29) is 0 Å². The second-order valence-electron chi connectivity index (χ2n) is 2.48. The van der Waals surface area contributed by atoms with E-state index in [1.807, 2.05) is 13.8 Å². The molecule has 0 bridgehead atoms. The first-order chi connectivity index (χ1) is 5.79. The van der Waals surface area contributed by atoms with Crippen LogP contribution < -0.4 is 0 Å². The van der Waals surface area contributed by atoms with Crippen LogP contribution in [-0.2, 0) is 12.8 Å². The van der Waals surface area contributed by atoms with Crippen molar-refractivity contribution >= 4 is 0 Å². The number of hydrogen-bond donors (Lipinski definition) is 1. The molecule has 0 aliphatic heterocycles. The summed E-state index contributed by atoms with van der Waals surface area (Å²) in [5.41, 5.74) is 3.84. The largest absolute Gasteiger partial charge is 0.282 e. The Kier molecular flexibility index (Phi) is 5.43. The number of aromatic nitrogens is 2. The molecular formula is C10H20N2. The Bertz CT molecular complexity index is 214. The molecule has 1 heterocycles. The third-order valence-electron chi connectivity index (χ3n) is 1.85. The molecule has 2 nitrogen and oxygen atoms in total. The van der Waals surface area contributed by atoms with Gasteiger partial charge in [-0.1, -0.05) is 27.7 Å². The molecule has 0 fully saturated rings. The second-order valence-corrected chi connectivity index (χ2v) is 2.48. The minimum absolute atomic E-state index is 1.04. The summed E-state index contributed by atoms with van der Waals surface area (Å²) in [6, 6.07) is 0. The van der Waals surface area contributed by atoms with Crippen molar-refractivity contribution in [3.05, 3.63) is 17.0 Å². The average molecular weight is 168 g/mol. The summed E-state index contributed by atoms with van der Waals surface area (Å²) >= 11 is 0. The molecule has 0 spiro atoms. The highest BCUT2D eigenvalue weighted by Gasteiger charge is 2.04. The van der Waals surface area contributed by atoms with Gasteiger partial charge in [0, 0.05) is 5.69 Å². The third-order valence-corrected chi connectivity index (χ3v) is 1.85. The summed E-state index contributed by atoms with van der Waals surface area (Å²) in [4.78, 5) is 0. The van der Waals surface area contributed by atoms with Crippen molar-refractivity contribution in [2.45, 2.75) is 47.5 Å². The van der Waals surface area contributed by atoms with Crippen LogP contribution in [-0.4, -0.2) is 10.2 Å². The van der Waals surface area contributed by atoms with Crippen molar-refractivity contribution in [2.75, 3.05) is 0 Å². The Morgan fingerprint density at radius 3 is 2.08 bits per heavy atom. The van der Waals surface area contributed by atoms with E-state index in [0.29, 0.717) is 0 Å². The topological polar surface area (TPSA) is 28.7 Å². The van der Waals surface area contributed by atoms with E-state index in [9.17, 15) is 0 Å². The minimum atomic E-state index is 1.04. The molecule has 12 heavy (non-hydrogen) atoms. The fourth-order valence-electron chi connectivity index (χ4n) is 1.26. The van der Waals surface area contributed by atoms with E-state index in [1.54, 1.807) is 0 Å². The molecule has 0 amide bonds. The van der Waals surface area contributed by atoms with Crippen LogP contribution in [0.4, 0.5) is 0 Å². The molecule has 0 aromatic carbocycles. The Labute approximate surface area is 75.4 Å². The fourth-order valence-corrected chi connectivity index (χ4v) is 1.26. The molecule has 0 aliphatic carbocycles. The van der Waals surface area contributed by atoms with E-state index in [2.05, 4.69) is 31.0 Å². The molecule has 1 aromatic rings. The zero-order chi connectivity index (χ0) is 9.56. The highest BCUT2D eigenvalue weighted by molar-refractivity contribution is 5.23. The van der Waals surface area contributed by atoms with Crippen LogP contribution >= 0.6 is 0 Å². The van der Waals surface area contributed by atoms with Crippen LogP contribution in [0.5, 0.6) is 0 Å². The summed E-state index contributed by atoms with van der Waals surface area (Å²) in [6.45, 7) is 10.4. The molecule has 2 heteroatoms. The number of nitrogens with one attached hydrogen (secondary N) is 1. The Morgan fingerprint density at radius 2 is 1.75 bits per heavy atom. The zero-order valence-corrected chi connectivity index (χ0v) is 8.86. The SMILES string of the molecule is CC.CCc1n[nH]c(C)c1CC. The standard InChI is InChI=1S/C8H14N2.C2H6/c1-4-7-6(3)9-10-8(7)5-2;1-2/h4-5H2,1-3H3,(H,9,10);1-2H3. The molecule has 0 saturated heterocycles. The van der Waals surface area contributed by atoms with Crippen LogP contribution in [0.3, 0.4) is 0 Å². The molecule has 0 radical (unpaired) electrons. The summed E-state index contributed by atoms with van der Waals surface area (Å²) in [5.74, 6) is 0. The van der Waals surface area contributed by atoms with Crippen molar-refractivity contribution in [1.29, 1.82) is 0 Å². The van der Waals surface area contributed by atoms with Gasteiger partial charge < -0.3 is 0 Å². The van der Waals surface area contributed by atoms with Gasteiger partial charge in [0.25, 0.3) is 0 Å². The maximum Gasteiger partial charge on any atom is 0.0653 e. The lowest BCUT2D eigenvalue weighted by molar-refractivity contribution is 0.953. The van der Waals surface area contributed by atoms with Gasteiger partial charge in [-0.05, 0) is 25.3 Å². The second kappa shape index (κ2) is 5.81. The smallest absolute Gasteiger partial charge is 0.0653 e. The maximum atomic E-state index is 4.18. The van der Waals surface area contributed by atoms with Gasteiger partial charge in [0.2, 0.25) is 0 Å². The van der Waals surface area contributed by atoms with Gasteiger partial charge in [-0.15, -0.1) is 0 Å². The molecule has 0 unspecified atom stereocenters. The van der Waals surface area contributed by atoms with Crippen molar-refractivity contribution in [1.82, 2.24) is 10.2 Å². The molecule has 70 valence electrons. The molecule has 1 N–H and O–H groups in total. The van der Waals surface area contributed by atoms with Crippen molar-refractivity contribution in [2.24, 2.45) is 0 Å². The van der Waals surface area contributed by atoms with Gasteiger partial charge in [0.1, 0.15) is 0 Å². The maximum absolute atomic E-state index is 4.18. The van der Waals surface area contributed by atoms with Gasteiger partial charge >= 0.3 is 0 Å². The first-order valence-corrected chi connectivity index (χ1v) is 4.82. The van der Waals surface area contributed by atoms with Gasteiger partial charge in [-0.2, -0.15) is 5.10 Å². The number of rotatable bonds is 2. The first kappa shape index (κ1) is 11.2. The van der Waals surface area contributed by atoms with E-state index in [1.165, 1.54) is 17.0 Å². The number of aryl methyl sites for hydroxylation is 2. The molecular weight excluding hydrogens is 148 g/mol. The molecule has 1 rings (SSSR count). The minimum Gasteiger partial charge on any atom is -0.282 e. The quantitative estimate of drug-likeness (QED) is 0.722. The average Bonchev–Trinajstić information content (AvgIpc) is 2.49. The monoisotopic (exact) mass is 168 g/mol. The van der Waals surface area contributed by atoms with Crippen LogP contribution in [0.15, 0.2) is 0 Å². The number of nitrogens with zero attached hydrogens (tertiary/aromatic N) is 1. The summed E-state index contributed by atoms with van der Waals surface area (Å²) in [7, 11) is 0. The van der Waals surface area contributed by atoms with Crippen LogP contribution in [0.25, 0.3) is 0 Å². The van der Waals surface area contributed by atoms with Gasteiger partial charge in [0.05, 0.1) is 5.69 Å². The summed E-state index contributed by atoms with van der Waals surface area (Å²) < 4.78 is 0. The van der Waals surface area contributed by atoms with Crippen LogP contribution in [0, 0.1) is 6.92 Å². The predicted molar refractivity (Wildman–Crippen MR) is 53.4 cm³/mol. The Hall–Kier alpha value is -0.790. The van der Waals surface area contributed by atoms with E-state index in [0.717, 1.165) is 12.8 Å². The van der Waals surface area contributed by atoms with Gasteiger partial charge in [0.15, 0.2) is 0 Å². The van der Waals surface area contributed by atoms with Crippen molar-refractivity contribution in [3.8, 4) is 0 Å². The highest BCUT2D eigenvalue weighted by Crippen LogP contribution is 2.10. The fraction of sp³-hybridized carbons (Fsp3) is 0.700. The van der Waals surface area contributed by atoms with E-state index >= 15 is 0 Å². The zero-order valence-electron chi connectivity index (χ0n) is 8.86. The van der Waals surface area contributed by atoms with Crippen molar-refractivity contribution < 1.29 is 0 Å². The molecule has 0 aliphatic rings. The lowest BCUT2D eigenvalue weighted by atomic mass is 10.1. The van der Waals surface area contributed by atoms with Crippen molar-refractivity contribution in [3.63, 3.8) is 0 Å². The lowest BCUT2D eigenvalue weighted by Crippen LogP contribution is -1.87. The third kappa shape index (κ3) is 2.36. The summed E-state index contributed by atoms with van der Waals surface area (Å²) in [6.07, 6.45) is 2.12. The molecule has 1 aromatic heterocycles. The number of H-pyrrole nitrogens is 1.